The summed E-state index contributed by atoms with van der Waals surface area (Å²) in [5.41, 5.74) is 4.89. The maximum atomic E-state index is 13.0. The van der Waals surface area contributed by atoms with Crippen LogP contribution in [0.15, 0.2) is 47.0 Å². The number of hydrogen-bond acceptors (Lipinski definition) is 7. The maximum absolute atomic E-state index is 13.0. The number of hydrogen-bond donors (Lipinski definition) is 2. The molecule has 0 atom stereocenters. The molecule has 0 aliphatic carbocycles. The number of allylic oxidation sites excluding steroid dienone is 1. The summed E-state index contributed by atoms with van der Waals surface area (Å²) in [6.45, 7) is 6.54. The quantitative estimate of drug-likeness (QED) is 0.148. The van der Waals surface area contributed by atoms with Gasteiger partial charge < -0.3 is 15.4 Å². The highest BCUT2D eigenvalue weighted by Gasteiger charge is 2.30. The third kappa shape index (κ3) is 6.77. The molecule has 0 radical (unpaired) electrons. The summed E-state index contributed by atoms with van der Waals surface area (Å²) < 4.78 is 5.38. The van der Waals surface area contributed by atoms with Crippen LogP contribution in [0.3, 0.4) is 0 Å². The largest absolute Gasteiger partial charge is 0.488 e. The van der Waals surface area contributed by atoms with Crippen molar-refractivity contribution in [1.82, 2.24) is 4.90 Å². The van der Waals surface area contributed by atoms with Crippen molar-refractivity contribution in [2.75, 3.05) is 13.2 Å². The lowest BCUT2D eigenvalue weighted by Crippen LogP contribution is -2.44. The van der Waals surface area contributed by atoms with E-state index >= 15 is 0 Å². The third-order valence-corrected chi connectivity index (χ3v) is 6.86. The number of nitrogens with zero attached hydrogens (tertiary/aromatic N) is 1. The van der Waals surface area contributed by atoms with E-state index in [1.165, 1.54) is 9.75 Å². The number of ether oxygens (including phenoxy) is 1. The fourth-order valence-electron chi connectivity index (χ4n) is 3.15. The van der Waals surface area contributed by atoms with Crippen LogP contribution in [0.5, 0.6) is 0 Å². The minimum atomic E-state index is -0.776. The zero-order chi connectivity index (χ0) is 22.8. The molecule has 3 N–H and O–H groups in total. The minimum absolute atomic E-state index is 0.148. The Kier molecular flexibility index (Phi) is 9.94. The van der Waals surface area contributed by atoms with E-state index in [4.69, 9.17) is 15.9 Å². The molecule has 0 fully saturated rings. The molecule has 0 aliphatic rings. The number of unbranched alkanes of at least 4 members (excludes halogenated alkanes) is 1. The fourth-order valence-corrected chi connectivity index (χ4v) is 4.98. The van der Waals surface area contributed by atoms with Gasteiger partial charge in [-0.2, -0.15) is 0 Å². The topological polar surface area (TPSA) is 96.5 Å². The van der Waals surface area contributed by atoms with Gasteiger partial charge in [0.15, 0.2) is 11.5 Å². The van der Waals surface area contributed by atoms with Crippen LogP contribution < -0.4 is 5.73 Å². The summed E-state index contributed by atoms with van der Waals surface area (Å²) in [4.78, 5) is 29.7. The Morgan fingerprint density at radius 1 is 1.19 bits per heavy atom. The van der Waals surface area contributed by atoms with Crippen molar-refractivity contribution < 1.29 is 14.3 Å². The van der Waals surface area contributed by atoms with Crippen LogP contribution in [-0.2, 0) is 14.3 Å². The van der Waals surface area contributed by atoms with Crippen molar-refractivity contribution in [3.63, 3.8) is 0 Å². The standard InChI is InChI=1S/C23H31N3O3S2/c1-4-5-12-29-18(15-24)22(27)21(25)23(28)26(16(2)3)11-10-17(19-8-6-13-30-19)20-9-7-14-31-20/h6-9,13-17,25H,4-5,10-12,24H2,1-3H3/b18-15+,25-21?. The number of ketones is 1. The van der Waals surface area contributed by atoms with Crippen molar-refractivity contribution in [3.05, 3.63) is 56.7 Å². The number of carbonyl (C=O) groups is 2. The van der Waals surface area contributed by atoms with E-state index < -0.39 is 17.4 Å². The molecule has 2 heterocycles. The average molecular weight is 462 g/mol. The molecule has 31 heavy (non-hydrogen) atoms. The fraction of sp³-hybridized carbons (Fsp3) is 0.435. The van der Waals surface area contributed by atoms with Crippen LogP contribution >= 0.6 is 22.7 Å². The molecule has 6 nitrogen and oxygen atoms in total. The van der Waals surface area contributed by atoms with Gasteiger partial charge in [0.25, 0.3) is 11.7 Å². The summed E-state index contributed by atoms with van der Waals surface area (Å²) in [6.07, 6.45) is 3.40. The van der Waals surface area contributed by atoms with Gasteiger partial charge in [-0.25, -0.2) is 0 Å². The van der Waals surface area contributed by atoms with Crippen molar-refractivity contribution in [2.24, 2.45) is 5.73 Å². The van der Waals surface area contributed by atoms with E-state index in [2.05, 4.69) is 22.9 Å². The number of thiophene rings is 2. The molecular weight excluding hydrogens is 430 g/mol. The highest BCUT2D eigenvalue weighted by atomic mass is 32.1. The van der Waals surface area contributed by atoms with Crippen LogP contribution in [0.25, 0.3) is 0 Å². The first-order chi connectivity index (χ1) is 14.9. The van der Waals surface area contributed by atoms with E-state index in [0.717, 1.165) is 19.0 Å². The van der Waals surface area contributed by atoms with Crippen LogP contribution in [0.4, 0.5) is 0 Å². The normalized spacial score (nSPS) is 11.7. The molecule has 0 aromatic carbocycles. The lowest BCUT2D eigenvalue weighted by atomic mass is 10.0. The summed E-state index contributed by atoms with van der Waals surface area (Å²) >= 11 is 3.39. The lowest BCUT2D eigenvalue weighted by Gasteiger charge is -2.28. The molecule has 8 heteroatoms. The van der Waals surface area contributed by atoms with Gasteiger partial charge in [-0.15, -0.1) is 22.7 Å². The highest BCUT2D eigenvalue weighted by molar-refractivity contribution is 7.11. The summed E-state index contributed by atoms with van der Waals surface area (Å²) in [5.74, 6) is -1.35. The van der Waals surface area contributed by atoms with Gasteiger partial charge >= 0.3 is 0 Å². The zero-order valence-electron chi connectivity index (χ0n) is 18.3. The molecular formula is C23H31N3O3S2. The second-order valence-electron chi connectivity index (χ2n) is 7.40. The van der Waals surface area contributed by atoms with Crippen LogP contribution in [0, 0.1) is 5.41 Å². The van der Waals surface area contributed by atoms with Gasteiger partial charge in [-0.1, -0.05) is 25.5 Å². The second kappa shape index (κ2) is 12.4. The molecule has 0 bridgehead atoms. The van der Waals surface area contributed by atoms with E-state index in [-0.39, 0.29) is 17.7 Å². The van der Waals surface area contributed by atoms with Crippen LogP contribution in [-0.4, -0.2) is 41.5 Å². The Hall–Kier alpha value is -2.45. The lowest BCUT2D eigenvalue weighted by molar-refractivity contribution is -0.127. The number of nitrogens with one attached hydrogen (secondary N) is 1. The molecule has 2 aromatic rings. The SMILES string of the molecule is CCCCO/C(=C/N)C(=O)C(=N)C(=O)N(CCC(c1cccs1)c1cccs1)C(C)C. The summed E-state index contributed by atoms with van der Waals surface area (Å²) in [6, 6.07) is 8.11. The number of rotatable bonds is 13. The molecule has 0 unspecified atom stereocenters. The maximum Gasteiger partial charge on any atom is 0.276 e. The molecule has 0 aliphatic heterocycles. The Bertz CT molecular complexity index is 840. The predicted octanol–water partition coefficient (Wildman–Crippen LogP) is 4.77. The zero-order valence-corrected chi connectivity index (χ0v) is 19.9. The van der Waals surface area contributed by atoms with Gasteiger partial charge in [-0.05, 0) is 49.6 Å². The number of nitrogens with two attached hydrogens (primary N) is 1. The summed E-state index contributed by atoms with van der Waals surface area (Å²) in [7, 11) is 0. The highest BCUT2D eigenvalue weighted by Crippen LogP contribution is 2.34. The van der Waals surface area contributed by atoms with Gasteiger partial charge in [0.2, 0.25) is 0 Å². The first-order valence-corrected chi connectivity index (χ1v) is 12.2. The third-order valence-electron chi connectivity index (χ3n) is 4.89. The number of amides is 1. The molecule has 0 saturated heterocycles. The number of carbonyl (C=O) groups excluding carboxylic acids is 2. The number of Topliss-reactive ketones (excluding diaryl/α,β-unsaturated/α-hetero) is 1. The molecule has 2 aromatic heterocycles. The first kappa shape index (κ1) is 24.8. The molecule has 0 spiro atoms. The first-order valence-electron chi connectivity index (χ1n) is 10.5. The van der Waals surface area contributed by atoms with E-state index in [1.54, 1.807) is 27.6 Å². The molecule has 1 amide bonds. The van der Waals surface area contributed by atoms with E-state index in [1.807, 2.05) is 32.9 Å². The minimum Gasteiger partial charge on any atom is -0.488 e. The van der Waals surface area contributed by atoms with Gasteiger partial charge in [-0.3, -0.25) is 15.0 Å². The summed E-state index contributed by atoms with van der Waals surface area (Å²) in [5, 5.41) is 12.3. The monoisotopic (exact) mass is 461 g/mol. The average Bonchev–Trinajstić information content (AvgIpc) is 3.47. The second-order valence-corrected chi connectivity index (χ2v) is 9.36. The van der Waals surface area contributed by atoms with E-state index in [9.17, 15) is 9.59 Å². The van der Waals surface area contributed by atoms with Crippen molar-refractivity contribution in [1.29, 1.82) is 5.41 Å². The van der Waals surface area contributed by atoms with Crippen LogP contribution in [0.2, 0.25) is 0 Å². The van der Waals surface area contributed by atoms with Crippen molar-refractivity contribution in [2.45, 2.75) is 52.0 Å². The Labute approximate surface area is 192 Å². The Morgan fingerprint density at radius 2 is 1.81 bits per heavy atom. The molecule has 0 saturated carbocycles. The van der Waals surface area contributed by atoms with Gasteiger partial charge in [0.05, 0.1) is 6.61 Å². The van der Waals surface area contributed by atoms with Gasteiger partial charge in [0.1, 0.15) is 0 Å². The van der Waals surface area contributed by atoms with Gasteiger partial charge in [0, 0.05) is 34.5 Å². The van der Waals surface area contributed by atoms with Crippen molar-refractivity contribution in [3.8, 4) is 0 Å². The van der Waals surface area contributed by atoms with E-state index in [0.29, 0.717) is 19.6 Å². The van der Waals surface area contributed by atoms with Crippen LogP contribution in [0.1, 0.15) is 55.7 Å². The molecule has 168 valence electrons. The predicted molar refractivity (Wildman–Crippen MR) is 128 cm³/mol. The Morgan fingerprint density at radius 3 is 2.26 bits per heavy atom. The van der Waals surface area contributed by atoms with Crippen molar-refractivity contribution >= 4 is 40.1 Å². The molecule has 2 rings (SSSR count). The smallest absolute Gasteiger partial charge is 0.276 e. The Balaban J connectivity index is 2.10.